The molecule has 1 N–H and O–H groups in total. The van der Waals surface area contributed by atoms with Gasteiger partial charge in [-0.2, -0.15) is 0 Å². The van der Waals surface area contributed by atoms with Crippen molar-refractivity contribution in [2.45, 2.75) is 96.9 Å². The zero-order chi connectivity index (χ0) is 13.1. The van der Waals surface area contributed by atoms with E-state index in [2.05, 4.69) is 19.2 Å². The molecule has 0 saturated heterocycles. The quantitative estimate of drug-likeness (QED) is 0.521. The van der Waals surface area contributed by atoms with Crippen molar-refractivity contribution < 1.29 is 0 Å². The second-order valence-corrected chi connectivity index (χ2v) is 6.23. The molecule has 0 spiro atoms. The van der Waals surface area contributed by atoms with E-state index in [9.17, 15) is 0 Å². The first-order chi connectivity index (χ1) is 8.86. The topological polar surface area (TPSA) is 12.0 Å². The molecule has 0 aromatic rings. The van der Waals surface area contributed by atoms with E-state index >= 15 is 0 Å². The summed E-state index contributed by atoms with van der Waals surface area (Å²) in [6, 6.07) is 0.841. The predicted molar refractivity (Wildman–Crippen MR) is 82.0 cm³/mol. The molecule has 0 atom stereocenters. The van der Waals surface area contributed by atoms with Gasteiger partial charge >= 0.3 is 0 Å². The SMILES string of the molecule is CCCCCCCCNC1CCC(CCC)CC1. The first kappa shape index (κ1) is 16.0. The van der Waals surface area contributed by atoms with Crippen molar-refractivity contribution in [2.75, 3.05) is 6.54 Å². The summed E-state index contributed by atoms with van der Waals surface area (Å²) in [7, 11) is 0. The Bertz CT molecular complexity index is 170. The van der Waals surface area contributed by atoms with Gasteiger partial charge in [0, 0.05) is 6.04 Å². The molecule has 1 aliphatic rings. The zero-order valence-corrected chi connectivity index (χ0v) is 12.8. The molecular formula is C17H35N. The van der Waals surface area contributed by atoms with Crippen molar-refractivity contribution in [3.05, 3.63) is 0 Å². The van der Waals surface area contributed by atoms with Gasteiger partial charge in [-0.25, -0.2) is 0 Å². The van der Waals surface area contributed by atoms with E-state index in [4.69, 9.17) is 0 Å². The van der Waals surface area contributed by atoms with E-state index in [1.165, 1.54) is 83.6 Å². The molecule has 0 heterocycles. The van der Waals surface area contributed by atoms with Crippen LogP contribution in [0.15, 0.2) is 0 Å². The Morgan fingerprint density at radius 1 is 0.778 bits per heavy atom. The standard InChI is InChI=1S/C17H35N/c1-3-5-6-7-8-9-15-18-17-13-11-16(10-4-2)12-14-17/h16-18H,3-15H2,1-2H3. The van der Waals surface area contributed by atoms with Crippen molar-refractivity contribution in [3.8, 4) is 0 Å². The van der Waals surface area contributed by atoms with E-state index in [0.29, 0.717) is 0 Å². The molecule has 0 aromatic carbocycles. The molecule has 1 aliphatic carbocycles. The van der Waals surface area contributed by atoms with Gasteiger partial charge in [-0.3, -0.25) is 0 Å². The lowest BCUT2D eigenvalue weighted by atomic mass is 9.83. The lowest BCUT2D eigenvalue weighted by molar-refractivity contribution is 0.278. The minimum Gasteiger partial charge on any atom is -0.314 e. The average Bonchev–Trinajstić information content (AvgIpc) is 2.40. The molecule has 1 nitrogen and oxygen atoms in total. The number of hydrogen-bond acceptors (Lipinski definition) is 1. The molecule has 1 rings (SSSR count). The van der Waals surface area contributed by atoms with Crippen LogP contribution in [0.4, 0.5) is 0 Å². The average molecular weight is 253 g/mol. The Kier molecular flexibility index (Phi) is 9.65. The van der Waals surface area contributed by atoms with Gasteiger partial charge in [-0.15, -0.1) is 0 Å². The van der Waals surface area contributed by atoms with Crippen LogP contribution in [-0.2, 0) is 0 Å². The molecule has 0 unspecified atom stereocenters. The summed E-state index contributed by atoms with van der Waals surface area (Å²) >= 11 is 0. The van der Waals surface area contributed by atoms with Crippen molar-refractivity contribution in [1.82, 2.24) is 5.32 Å². The summed E-state index contributed by atoms with van der Waals surface area (Å²) in [6.07, 6.45) is 17.1. The maximum Gasteiger partial charge on any atom is 0.00672 e. The zero-order valence-electron chi connectivity index (χ0n) is 12.8. The highest BCUT2D eigenvalue weighted by atomic mass is 14.9. The third-order valence-electron chi connectivity index (χ3n) is 4.51. The summed E-state index contributed by atoms with van der Waals surface area (Å²) < 4.78 is 0. The Hall–Kier alpha value is -0.0400. The van der Waals surface area contributed by atoms with Gasteiger partial charge in [0.05, 0.1) is 0 Å². The maximum atomic E-state index is 3.78. The van der Waals surface area contributed by atoms with Crippen LogP contribution in [0.25, 0.3) is 0 Å². The van der Waals surface area contributed by atoms with Gasteiger partial charge < -0.3 is 5.32 Å². The fourth-order valence-corrected chi connectivity index (χ4v) is 3.28. The first-order valence-corrected chi connectivity index (χ1v) is 8.60. The maximum absolute atomic E-state index is 3.78. The number of nitrogens with one attached hydrogen (secondary N) is 1. The molecule has 0 bridgehead atoms. The molecule has 0 amide bonds. The van der Waals surface area contributed by atoms with Gasteiger partial charge in [-0.1, -0.05) is 58.8 Å². The monoisotopic (exact) mass is 253 g/mol. The lowest BCUT2D eigenvalue weighted by Gasteiger charge is -2.29. The molecular weight excluding hydrogens is 218 g/mol. The first-order valence-electron chi connectivity index (χ1n) is 8.60. The lowest BCUT2D eigenvalue weighted by Crippen LogP contribution is -2.33. The third kappa shape index (κ3) is 7.41. The Balaban J connectivity index is 1.88. The van der Waals surface area contributed by atoms with E-state index in [1.807, 2.05) is 0 Å². The Morgan fingerprint density at radius 3 is 2.11 bits per heavy atom. The predicted octanol–water partition coefficient (Wildman–Crippen LogP) is 5.30. The smallest absolute Gasteiger partial charge is 0.00672 e. The van der Waals surface area contributed by atoms with Crippen molar-refractivity contribution in [3.63, 3.8) is 0 Å². The second-order valence-electron chi connectivity index (χ2n) is 6.23. The van der Waals surface area contributed by atoms with Crippen LogP contribution < -0.4 is 5.32 Å². The van der Waals surface area contributed by atoms with Gasteiger partial charge in [0.15, 0.2) is 0 Å². The van der Waals surface area contributed by atoms with Crippen molar-refractivity contribution in [2.24, 2.45) is 5.92 Å². The van der Waals surface area contributed by atoms with Crippen LogP contribution in [0.1, 0.15) is 90.9 Å². The summed E-state index contributed by atoms with van der Waals surface area (Å²) in [4.78, 5) is 0. The summed E-state index contributed by atoms with van der Waals surface area (Å²) in [5, 5.41) is 3.78. The number of hydrogen-bond donors (Lipinski definition) is 1. The highest BCUT2D eigenvalue weighted by Gasteiger charge is 2.19. The summed E-state index contributed by atoms with van der Waals surface area (Å²) in [5.41, 5.74) is 0. The van der Waals surface area contributed by atoms with E-state index < -0.39 is 0 Å². The van der Waals surface area contributed by atoms with Crippen molar-refractivity contribution in [1.29, 1.82) is 0 Å². The minimum absolute atomic E-state index is 0.841. The van der Waals surface area contributed by atoms with Gasteiger partial charge in [0.2, 0.25) is 0 Å². The molecule has 0 aromatic heterocycles. The van der Waals surface area contributed by atoms with E-state index in [0.717, 1.165) is 12.0 Å². The summed E-state index contributed by atoms with van der Waals surface area (Å²) in [5.74, 6) is 1.04. The van der Waals surface area contributed by atoms with E-state index in [1.54, 1.807) is 0 Å². The van der Waals surface area contributed by atoms with Crippen LogP contribution in [0.2, 0.25) is 0 Å². The summed E-state index contributed by atoms with van der Waals surface area (Å²) in [6.45, 7) is 5.87. The normalized spacial score (nSPS) is 24.3. The third-order valence-corrected chi connectivity index (χ3v) is 4.51. The van der Waals surface area contributed by atoms with E-state index in [-0.39, 0.29) is 0 Å². The molecule has 108 valence electrons. The van der Waals surface area contributed by atoms with Crippen LogP contribution >= 0.6 is 0 Å². The van der Waals surface area contributed by atoms with Crippen LogP contribution in [0.3, 0.4) is 0 Å². The van der Waals surface area contributed by atoms with Gasteiger partial charge in [-0.05, 0) is 44.6 Å². The van der Waals surface area contributed by atoms with Crippen molar-refractivity contribution >= 4 is 0 Å². The highest BCUT2D eigenvalue weighted by molar-refractivity contribution is 4.76. The number of unbranched alkanes of at least 4 members (excludes halogenated alkanes) is 5. The van der Waals surface area contributed by atoms with Gasteiger partial charge in [0.1, 0.15) is 0 Å². The van der Waals surface area contributed by atoms with Crippen LogP contribution in [0, 0.1) is 5.92 Å². The molecule has 1 saturated carbocycles. The Labute approximate surface area is 115 Å². The number of rotatable bonds is 10. The second kappa shape index (κ2) is 10.8. The minimum atomic E-state index is 0.841. The van der Waals surface area contributed by atoms with Crippen LogP contribution in [-0.4, -0.2) is 12.6 Å². The van der Waals surface area contributed by atoms with Gasteiger partial charge in [0.25, 0.3) is 0 Å². The molecule has 18 heavy (non-hydrogen) atoms. The largest absolute Gasteiger partial charge is 0.314 e. The molecule has 1 fully saturated rings. The molecule has 1 heteroatoms. The highest BCUT2D eigenvalue weighted by Crippen LogP contribution is 2.27. The molecule has 0 radical (unpaired) electrons. The fraction of sp³-hybridized carbons (Fsp3) is 1.00. The van der Waals surface area contributed by atoms with Crippen LogP contribution in [0.5, 0.6) is 0 Å². The fourth-order valence-electron chi connectivity index (χ4n) is 3.28. The Morgan fingerprint density at radius 2 is 1.44 bits per heavy atom. The molecule has 0 aliphatic heterocycles.